The van der Waals surface area contributed by atoms with E-state index >= 15 is 0 Å². The van der Waals surface area contributed by atoms with E-state index in [0.29, 0.717) is 18.3 Å². The highest BCUT2D eigenvalue weighted by molar-refractivity contribution is 6.32. The van der Waals surface area contributed by atoms with Crippen molar-refractivity contribution in [3.05, 3.63) is 21.7 Å². The molecule has 1 aliphatic rings. The molecule has 1 aromatic heterocycles. The average molecular weight is 257 g/mol. The van der Waals surface area contributed by atoms with Gasteiger partial charge in [0, 0.05) is 6.04 Å². The van der Waals surface area contributed by atoms with Crippen molar-refractivity contribution in [3.8, 4) is 0 Å². The topological polar surface area (TPSA) is 83.8 Å². The zero-order valence-electron chi connectivity index (χ0n) is 9.58. The lowest BCUT2D eigenvalue weighted by atomic mass is 9.84. The highest BCUT2D eigenvalue weighted by atomic mass is 35.5. The van der Waals surface area contributed by atoms with Crippen molar-refractivity contribution in [1.29, 1.82) is 0 Å². The lowest BCUT2D eigenvalue weighted by Crippen LogP contribution is -2.37. The fraction of sp³-hybridized carbons (Fsp3) is 0.636. The van der Waals surface area contributed by atoms with Crippen LogP contribution >= 0.6 is 11.6 Å². The van der Waals surface area contributed by atoms with E-state index in [-0.39, 0.29) is 16.6 Å². The Kier molecular flexibility index (Phi) is 4.02. The third kappa shape index (κ3) is 2.79. The predicted octanol–water partition coefficient (Wildman–Crippen LogP) is 1.35. The van der Waals surface area contributed by atoms with Crippen LogP contribution in [0.5, 0.6) is 0 Å². The molecule has 0 bridgehead atoms. The molecule has 0 radical (unpaired) electrons. The second-order valence-electron chi connectivity index (χ2n) is 4.43. The molecule has 17 heavy (non-hydrogen) atoms. The smallest absolute Gasteiger partial charge is 0.271 e. The SMILES string of the molecule is NCC1CCCCC1Nc1nc[nH]c(=O)c1Cl. The van der Waals surface area contributed by atoms with Gasteiger partial charge >= 0.3 is 0 Å². The number of rotatable bonds is 3. The van der Waals surface area contributed by atoms with Crippen LogP contribution < -0.4 is 16.6 Å². The van der Waals surface area contributed by atoms with Gasteiger partial charge in [-0.25, -0.2) is 4.98 Å². The van der Waals surface area contributed by atoms with Crippen LogP contribution in [-0.2, 0) is 0 Å². The van der Waals surface area contributed by atoms with Crippen molar-refractivity contribution in [3.63, 3.8) is 0 Å². The van der Waals surface area contributed by atoms with Gasteiger partial charge in [0.15, 0.2) is 5.82 Å². The first-order chi connectivity index (χ1) is 8.22. The van der Waals surface area contributed by atoms with Crippen LogP contribution in [0.1, 0.15) is 25.7 Å². The highest BCUT2D eigenvalue weighted by Gasteiger charge is 2.24. The van der Waals surface area contributed by atoms with Gasteiger partial charge in [0.25, 0.3) is 5.56 Å². The third-order valence-electron chi connectivity index (χ3n) is 3.33. The quantitative estimate of drug-likeness (QED) is 0.762. The number of hydrogen-bond acceptors (Lipinski definition) is 4. The third-order valence-corrected chi connectivity index (χ3v) is 3.68. The van der Waals surface area contributed by atoms with E-state index in [1.807, 2.05) is 0 Å². The lowest BCUT2D eigenvalue weighted by Gasteiger charge is -2.31. The molecule has 0 spiro atoms. The summed E-state index contributed by atoms with van der Waals surface area (Å²) in [7, 11) is 0. The average Bonchev–Trinajstić information content (AvgIpc) is 2.35. The van der Waals surface area contributed by atoms with Crippen LogP contribution in [0, 0.1) is 5.92 Å². The molecule has 0 aliphatic heterocycles. The number of hydrogen-bond donors (Lipinski definition) is 3. The molecule has 2 atom stereocenters. The maximum absolute atomic E-state index is 11.3. The summed E-state index contributed by atoms with van der Waals surface area (Å²) in [5.41, 5.74) is 5.44. The van der Waals surface area contributed by atoms with Gasteiger partial charge in [-0.3, -0.25) is 4.79 Å². The van der Waals surface area contributed by atoms with Crippen molar-refractivity contribution in [1.82, 2.24) is 9.97 Å². The molecule has 0 aromatic carbocycles. The summed E-state index contributed by atoms with van der Waals surface area (Å²) in [6, 6.07) is 0.264. The minimum Gasteiger partial charge on any atom is -0.366 e. The molecule has 2 rings (SSSR count). The maximum Gasteiger partial charge on any atom is 0.271 e. The number of nitrogens with one attached hydrogen (secondary N) is 2. The summed E-state index contributed by atoms with van der Waals surface area (Å²) in [5.74, 6) is 0.890. The monoisotopic (exact) mass is 256 g/mol. The Balaban J connectivity index is 2.13. The number of nitrogens with zero attached hydrogens (tertiary/aromatic N) is 1. The Morgan fingerprint density at radius 2 is 2.29 bits per heavy atom. The van der Waals surface area contributed by atoms with E-state index < -0.39 is 0 Å². The summed E-state index contributed by atoms with van der Waals surface area (Å²) in [4.78, 5) is 17.8. The fourth-order valence-corrected chi connectivity index (χ4v) is 2.50. The molecule has 1 aliphatic carbocycles. The van der Waals surface area contributed by atoms with Gasteiger partial charge in [0.2, 0.25) is 0 Å². The summed E-state index contributed by atoms with van der Waals surface area (Å²) in [6.07, 6.45) is 5.92. The molecule has 5 nitrogen and oxygen atoms in total. The predicted molar refractivity (Wildman–Crippen MR) is 68.3 cm³/mol. The molecule has 0 amide bonds. The van der Waals surface area contributed by atoms with Crippen LogP contribution in [0.3, 0.4) is 0 Å². The molecule has 2 unspecified atom stereocenters. The molecular weight excluding hydrogens is 240 g/mol. The minimum atomic E-state index is -0.315. The van der Waals surface area contributed by atoms with E-state index in [4.69, 9.17) is 17.3 Å². The fourth-order valence-electron chi connectivity index (χ4n) is 2.34. The summed E-state index contributed by atoms with van der Waals surface area (Å²) < 4.78 is 0. The van der Waals surface area contributed by atoms with Crippen molar-refractivity contribution in [2.24, 2.45) is 11.7 Å². The Bertz CT molecular complexity index is 434. The maximum atomic E-state index is 11.3. The van der Waals surface area contributed by atoms with Crippen LogP contribution in [-0.4, -0.2) is 22.6 Å². The van der Waals surface area contributed by atoms with Gasteiger partial charge in [-0.15, -0.1) is 0 Å². The zero-order valence-corrected chi connectivity index (χ0v) is 10.3. The number of nitrogens with two attached hydrogens (primary N) is 1. The first-order valence-electron chi connectivity index (χ1n) is 5.92. The highest BCUT2D eigenvalue weighted by Crippen LogP contribution is 2.27. The van der Waals surface area contributed by atoms with Crippen molar-refractivity contribution >= 4 is 17.4 Å². The lowest BCUT2D eigenvalue weighted by molar-refractivity contribution is 0.332. The van der Waals surface area contributed by atoms with E-state index in [9.17, 15) is 4.79 Å². The summed E-state index contributed by atoms with van der Waals surface area (Å²) in [6.45, 7) is 0.651. The van der Waals surface area contributed by atoms with Gasteiger partial charge in [-0.05, 0) is 25.3 Å². The zero-order chi connectivity index (χ0) is 12.3. The van der Waals surface area contributed by atoms with E-state index in [1.54, 1.807) is 0 Å². The molecule has 1 saturated carbocycles. The standard InChI is InChI=1S/C11H17ClN4O/c12-9-10(14-6-15-11(9)17)16-8-4-2-1-3-7(8)5-13/h6-8H,1-5,13H2,(H2,14,15,16,17). The van der Waals surface area contributed by atoms with Crippen LogP contribution in [0.2, 0.25) is 5.02 Å². The number of halogens is 1. The second kappa shape index (κ2) is 5.51. The van der Waals surface area contributed by atoms with Gasteiger partial charge in [0.1, 0.15) is 5.02 Å². The summed E-state index contributed by atoms with van der Waals surface area (Å²) in [5, 5.41) is 3.37. The van der Waals surface area contributed by atoms with Crippen LogP contribution in [0.25, 0.3) is 0 Å². The van der Waals surface area contributed by atoms with E-state index in [0.717, 1.165) is 12.8 Å². The van der Waals surface area contributed by atoms with E-state index in [2.05, 4.69) is 15.3 Å². The normalized spacial score (nSPS) is 24.6. The molecule has 1 fully saturated rings. The van der Waals surface area contributed by atoms with Gasteiger partial charge in [0.05, 0.1) is 6.33 Å². The van der Waals surface area contributed by atoms with Crippen LogP contribution in [0.15, 0.2) is 11.1 Å². The van der Waals surface area contributed by atoms with Gasteiger partial charge in [-0.1, -0.05) is 24.4 Å². The molecule has 1 aromatic rings. The molecule has 4 N–H and O–H groups in total. The number of aromatic amines is 1. The van der Waals surface area contributed by atoms with Gasteiger partial charge < -0.3 is 16.0 Å². The number of aromatic nitrogens is 2. The molecule has 94 valence electrons. The minimum absolute atomic E-state index is 0.119. The number of anilines is 1. The number of H-pyrrole nitrogens is 1. The van der Waals surface area contributed by atoms with Gasteiger partial charge in [-0.2, -0.15) is 0 Å². The summed E-state index contributed by atoms with van der Waals surface area (Å²) >= 11 is 5.90. The Morgan fingerprint density at radius 1 is 1.53 bits per heavy atom. The van der Waals surface area contributed by atoms with Crippen molar-refractivity contribution in [2.75, 3.05) is 11.9 Å². The van der Waals surface area contributed by atoms with Crippen LogP contribution in [0.4, 0.5) is 5.82 Å². The largest absolute Gasteiger partial charge is 0.366 e. The van der Waals surface area contributed by atoms with Crippen molar-refractivity contribution < 1.29 is 0 Å². The molecular formula is C11H17ClN4O. The second-order valence-corrected chi connectivity index (χ2v) is 4.80. The van der Waals surface area contributed by atoms with Crippen molar-refractivity contribution in [2.45, 2.75) is 31.7 Å². The van der Waals surface area contributed by atoms with E-state index in [1.165, 1.54) is 19.2 Å². The molecule has 0 saturated heterocycles. The molecule has 6 heteroatoms. The first-order valence-corrected chi connectivity index (χ1v) is 6.30. The Hall–Kier alpha value is -1.07. The Labute approximate surface area is 105 Å². The first kappa shape index (κ1) is 12.4. The molecule has 1 heterocycles. The Morgan fingerprint density at radius 3 is 3.06 bits per heavy atom.